The molecule has 2 heterocycles. The number of para-hydroxylation sites is 1. The van der Waals surface area contributed by atoms with Crippen LogP contribution < -0.4 is 5.63 Å². The zero-order chi connectivity index (χ0) is 20.1. The van der Waals surface area contributed by atoms with Crippen LogP contribution in [-0.2, 0) is 9.53 Å². The maximum atomic E-state index is 12.7. The van der Waals surface area contributed by atoms with Gasteiger partial charge in [0.05, 0.1) is 0 Å². The average molecular weight is 383 g/mol. The van der Waals surface area contributed by atoms with Crippen molar-refractivity contribution < 1.29 is 18.7 Å². The van der Waals surface area contributed by atoms with Crippen LogP contribution in [0.1, 0.15) is 50.4 Å². The number of carbonyl (C=O) groups excluding carboxylic acids is 2. The van der Waals surface area contributed by atoms with E-state index in [2.05, 4.69) is 20.8 Å². The minimum atomic E-state index is -0.832. The SMILES string of the molecule is CC1(C)C[C@H]2C[C@@](C)(CN2C(=O)COC(=O)c2cc3ccccc3oc2=O)C1. The molecule has 1 aromatic heterocycles. The molecule has 6 nitrogen and oxygen atoms in total. The standard InChI is InChI=1S/C22H25NO5/c1-21(2)9-15-10-22(3,12-21)13-23(15)18(24)11-27-19(25)16-8-14-6-4-5-7-17(14)28-20(16)26/h4-8,15H,9-13H2,1-3H3/t15-,22+/m0/s1. The van der Waals surface area contributed by atoms with E-state index < -0.39 is 11.6 Å². The molecule has 2 bridgehead atoms. The highest BCUT2D eigenvalue weighted by atomic mass is 16.5. The summed E-state index contributed by atoms with van der Waals surface area (Å²) in [5.41, 5.74) is -0.235. The van der Waals surface area contributed by atoms with Crippen molar-refractivity contribution in [2.24, 2.45) is 10.8 Å². The first-order chi connectivity index (χ1) is 13.2. The first-order valence-corrected chi connectivity index (χ1v) is 9.65. The maximum absolute atomic E-state index is 12.7. The van der Waals surface area contributed by atoms with Gasteiger partial charge >= 0.3 is 11.6 Å². The van der Waals surface area contributed by atoms with Crippen molar-refractivity contribution in [3.8, 4) is 0 Å². The third-order valence-corrected chi connectivity index (χ3v) is 5.92. The Labute approximate surface area is 163 Å². The Kier molecular flexibility index (Phi) is 4.32. The second-order valence-corrected chi connectivity index (χ2v) is 9.30. The summed E-state index contributed by atoms with van der Waals surface area (Å²) in [4.78, 5) is 39.0. The van der Waals surface area contributed by atoms with Crippen molar-refractivity contribution in [2.45, 2.75) is 46.1 Å². The minimum absolute atomic E-state index is 0.117. The Morgan fingerprint density at radius 3 is 2.75 bits per heavy atom. The second kappa shape index (κ2) is 6.47. The zero-order valence-corrected chi connectivity index (χ0v) is 16.5. The monoisotopic (exact) mass is 383 g/mol. The lowest BCUT2D eigenvalue weighted by Crippen LogP contribution is -2.40. The van der Waals surface area contributed by atoms with Gasteiger partial charge in [-0.2, -0.15) is 0 Å². The highest BCUT2D eigenvalue weighted by Gasteiger charge is 2.50. The van der Waals surface area contributed by atoms with Gasteiger partial charge in [-0.15, -0.1) is 0 Å². The average Bonchev–Trinajstić information content (AvgIpc) is 2.87. The van der Waals surface area contributed by atoms with Gasteiger partial charge in [-0.25, -0.2) is 9.59 Å². The van der Waals surface area contributed by atoms with Gasteiger partial charge in [0, 0.05) is 18.0 Å². The van der Waals surface area contributed by atoms with E-state index in [1.54, 1.807) is 24.3 Å². The number of amides is 1. The van der Waals surface area contributed by atoms with E-state index >= 15 is 0 Å². The maximum Gasteiger partial charge on any atom is 0.351 e. The summed E-state index contributed by atoms with van der Waals surface area (Å²) in [6.45, 7) is 7.03. The number of nitrogens with zero attached hydrogens (tertiary/aromatic N) is 1. The first-order valence-electron chi connectivity index (χ1n) is 9.65. The smallest absolute Gasteiger partial charge is 0.351 e. The van der Waals surface area contributed by atoms with Crippen LogP contribution in [0.2, 0.25) is 0 Å². The van der Waals surface area contributed by atoms with Crippen LogP contribution in [0.25, 0.3) is 11.0 Å². The highest BCUT2D eigenvalue weighted by molar-refractivity contribution is 5.94. The number of fused-ring (bicyclic) bond motifs is 3. The molecule has 4 rings (SSSR count). The van der Waals surface area contributed by atoms with E-state index in [1.165, 1.54) is 6.07 Å². The number of carbonyl (C=O) groups is 2. The molecule has 1 aliphatic heterocycles. The van der Waals surface area contributed by atoms with Crippen LogP contribution in [0, 0.1) is 10.8 Å². The molecule has 2 aliphatic rings. The van der Waals surface area contributed by atoms with Crippen molar-refractivity contribution in [3.63, 3.8) is 0 Å². The van der Waals surface area contributed by atoms with Crippen LogP contribution in [-0.4, -0.2) is 36.0 Å². The summed E-state index contributed by atoms with van der Waals surface area (Å²) in [5, 5.41) is 0.629. The van der Waals surface area contributed by atoms with Gasteiger partial charge in [0.25, 0.3) is 5.91 Å². The molecule has 0 radical (unpaired) electrons. The lowest BCUT2D eigenvalue weighted by Gasteiger charge is -2.39. The van der Waals surface area contributed by atoms with Crippen LogP contribution in [0.4, 0.5) is 0 Å². The molecule has 1 aliphatic carbocycles. The van der Waals surface area contributed by atoms with Gasteiger partial charge in [0.1, 0.15) is 11.1 Å². The molecule has 6 heteroatoms. The third kappa shape index (κ3) is 3.43. The summed E-state index contributed by atoms with van der Waals surface area (Å²) >= 11 is 0. The highest BCUT2D eigenvalue weighted by Crippen LogP contribution is 2.52. The van der Waals surface area contributed by atoms with Crippen LogP contribution in [0.3, 0.4) is 0 Å². The molecular formula is C22H25NO5. The molecule has 0 N–H and O–H groups in total. The largest absolute Gasteiger partial charge is 0.452 e. The molecule has 2 atom stereocenters. The van der Waals surface area contributed by atoms with Crippen molar-refractivity contribution in [1.82, 2.24) is 4.90 Å². The molecule has 148 valence electrons. The van der Waals surface area contributed by atoms with Crippen molar-refractivity contribution in [1.29, 1.82) is 0 Å². The Balaban J connectivity index is 1.45. The summed E-state index contributed by atoms with van der Waals surface area (Å²) in [5.74, 6) is -1.04. The number of likely N-dealkylation sites (tertiary alicyclic amines) is 1. The summed E-state index contributed by atoms with van der Waals surface area (Å²) in [6.07, 6.45) is 3.03. The number of benzene rings is 1. The van der Waals surface area contributed by atoms with E-state index in [4.69, 9.17) is 9.15 Å². The van der Waals surface area contributed by atoms with Crippen molar-refractivity contribution in [2.75, 3.05) is 13.2 Å². The molecular weight excluding hydrogens is 358 g/mol. The fourth-order valence-corrected chi connectivity index (χ4v) is 5.24. The van der Waals surface area contributed by atoms with E-state index in [9.17, 15) is 14.4 Å². The lowest BCUT2D eigenvalue weighted by molar-refractivity contribution is -0.135. The normalized spacial score (nSPS) is 25.7. The predicted molar refractivity (Wildman–Crippen MR) is 104 cm³/mol. The second-order valence-electron chi connectivity index (χ2n) is 9.30. The number of hydrogen-bond acceptors (Lipinski definition) is 5. The Bertz CT molecular complexity index is 1010. The van der Waals surface area contributed by atoms with Crippen molar-refractivity contribution >= 4 is 22.8 Å². The molecule has 0 unspecified atom stereocenters. The third-order valence-electron chi connectivity index (χ3n) is 5.92. The van der Waals surface area contributed by atoms with E-state index in [0.717, 1.165) is 19.3 Å². The molecule has 1 aromatic carbocycles. The van der Waals surface area contributed by atoms with Gasteiger partial charge in [0.15, 0.2) is 6.61 Å². The van der Waals surface area contributed by atoms with Gasteiger partial charge in [-0.1, -0.05) is 39.0 Å². The predicted octanol–water partition coefficient (Wildman–Crippen LogP) is 3.38. The summed E-state index contributed by atoms with van der Waals surface area (Å²) in [7, 11) is 0. The lowest BCUT2D eigenvalue weighted by atomic mass is 9.65. The zero-order valence-electron chi connectivity index (χ0n) is 16.5. The van der Waals surface area contributed by atoms with Gasteiger partial charge in [-0.3, -0.25) is 4.79 Å². The van der Waals surface area contributed by atoms with Gasteiger partial charge in [-0.05, 0) is 42.2 Å². The van der Waals surface area contributed by atoms with E-state index in [-0.39, 0.29) is 34.9 Å². The molecule has 2 aromatic rings. The molecule has 1 saturated carbocycles. The number of ether oxygens (including phenoxy) is 1. The first kappa shape index (κ1) is 18.7. The summed E-state index contributed by atoms with van der Waals surface area (Å²) < 4.78 is 10.3. The topological polar surface area (TPSA) is 76.8 Å². The number of rotatable bonds is 3. The molecule has 1 amide bonds. The number of esters is 1. The Hall–Kier alpha value is -2.63. The fourth-order valence-electron chi connectivity index (χ4n) is 5.24. The van der Waals surface area contributed by atoms with E-state index in [0.29, 0.717) is 17.5 Å². The molecule has 28 heavy (non-hydrogen) atoms. The summed E-state index contributed by atoms with van der Waals surface area (Å²) in [6, 6.07) is 8.56. The van der Waals surface area contributed by atoms with Crippen LogP contribution >= 0.6 is 0 Å². The Morgan fingerprint density at radius 2 is 1.96 bits per heavy atom. The molecule has 0 spiro atoms. The van der Waals surface area contributed by atoms with Crippen LogP contribution in [0.5, 0.6) is 0 Å². The van der Waals surface area contributed by atoms with E-state index in [1.807, 2.05) is 4.90 Å². The molecule has 1 saturated heterocycles. The molecule has 2 fully saturated rings. The van der Waals surface area contributed by atoms with Crippen molar-refractivity contribution in [3.05, 3.63) is 46.3 Å². The van der Waals surface area contributed by atoms with Gasteiger partial charge < -0.3 is 14.1 Å². The van der Waals surface area contributed by atoms with Crippen LogP contribution in [0.15, 0.2) is 39.5 Å². The van der Waals surface area contributed by atoms with Gasteiger partial charge in [0.2, 0.25) is 0 Å². The fraction of sp³-hybridized carbons (Fsp3) is 0.500. The Morgan fingerprint density at radius 1 is 1.21 bits per heavy atom. The minimum Gasteiger partial charge on any atom is -0.452 e. The quantitative estimate of drug-likeness (QED) is 0.600. The number of hydrogen-bond donors (Lipinski definition) is 0.